The predicted molar refractivity (Wildman–Crippen MR) is 260 cm³/mol. The molecule has 21 N–H and O–H groups in total. The van der Waals surface area contributed by atoms with Gasteiger partial charge < -0.3 is 91.0 Å². The third-order valence-electron chi connectivity index (χ3n) is 10.0. The highest BCUT2D eigenvalue weighted by molar-refractivity contribution is 7.98. The Labute approximate surface area is 427 Å². The van der Waals surface area contributed by atoms with Gasteiger partial charge in [0.05, 0.1) is 6.42 Å². The first-order chi connectivity index (χ1) is 34.6. The molecule has 0 heterocycles. The summed E-state index contributed by atoms with van der Waals surface area (Å²) in [7, 11) is 0. The Morgan fingerprint density at radius 1 is 0.432 bits per heavy atom. The molecule has 0 saturated heterocycles. The van der Waals surface area contributed by atoms with Crippen LogP contribution in [0.1, 0.15) is 90.9 Å². The van der Waals surface area contributed by atoms with Crippen molar-refractivity contribution < 1.29 is 87.9 Å². The van der Waals surface area contributed by atoms with E-state index >= 15 is 0 Å². The molecule has 0 spiro atoms. The van der Waals surface area contributed by atoms with Gasteiger partial charge in [0.2, 0.25) is 47.3 Å². The van der Waals surface area contributed by atoms with Crippen LogP contribution in [0.25, 0.3) is 0 Å². The van der Waals surface area contributed by atoms with Gasteiger partial charge in [-0.1, -0.05) is 0 Å². The number of nitrogens with one attached hydrogen (secondary N) is 8. The summed E-state index contributed by atoms with van der Waals surface area (Å²) >= 11 is 1.21. The van der Waals surface area contributed by atoms with Crippen LogP contribution in [0.5, 0.6) is 0 Å². The number of carbonyl (C=O) groups excluding carboxylic acids is 8. The molecule has 0 rings (SSSR count). The quantitative estimate of drug-likeness (QED) is 0.0155. The highest BCUT2D eigenvalue weighted by atomic mass is 32.2. The molecule has 0 unspecified atom stereocenters. The van der Waals surface area contributed by atoms with E-state index in [1.54, 1.807) is 6.26 Å². The van der Waals surface area contributed by atoms with Crippen molar-refractivity contribution in [1.29, 1.82) is 0 Å². The average molecular weight is 1080 g/mol. The fourth-order valence-electron chi connectivity index (χ4n) is 6.32. The summed E-state index contributed by atoms with van der Waals surface area (Å²) in [5.41, 5.74) is 21.6. The van der Waals surface area contributed by atoms with Crippen LogP contribution in [0.4, 0.5) is 0 Å². The summed E-state index contributed by atoms with van der Waals surface area (Å²) in [6.45, 7) is 2.01. The average Bonchev–Trinajstić information content (AvgIpc) is 3.29. The van der Waals surface area contributed by atoms with Crippen molar-refractivity contribution in [3.05, 3.63) is 0 Å². The fraction of sp³-hybridized carbons (Fsp3) is 0.634. The summed E-state index contributed by atoms with van der Waals surface area (Å²) in [6, 6.07) is -13.0. The number of carboxylic acid groups (broad SMARTS) is 5. The molecule has 0 aromatic heterocycles. The standard InChI is InChI=1S/C41H68N14O18S/c1-19(32(65)55-27(39(72)73)18-31(63)64)48-33(66)21(6-4-15-46-40(42)43)50-34(67)22(7-5-16-47-41(44)45)51-36(69)24(9-12-29(59)60)53-38(71)26(14-17-74-3)54-37(70)25(10-13-30(61)62)52-35(68)23(49-20(2)56)8-11-28(57)58/h19,21-27H,4-18H2,1-3H3,(H,48,66)(H,49,56)(H,50,67)(H,51,69)(H,52,68)(H,53,71)(H,54,70)(H,55,65)(H,57,58)(H,59,60)(H,61,62)(H,63,64)(H,72,73)(H4,42,43,46)(H4,44,45,47)/t19-,21-,22-,23-,24-,25-,26-,27-/m0/s1. The molecular weight excluding hydrogens is 1010 g/mol. The normalized spacial score (nSPS) is 13.9. The van der Waals surface area contributed by atoms with Gasteiger partial charge in [-0.3, -0.25) is 67.5 Å². The van der Waals surface area contributed by atoms with Gasteiger partial charge in [0, 0.05) is 39.3 Å². The highest BCUT2D eigenvalue weighted by Crippen LogP contribution is 2.10. The number of rotatable bonds is 38. The van der Waals surface area contributed by atoms with E-state index in [0.717, 1.165) is 13.8 Å². The molecule has 0 aliphatic heterocycles. The van der Waals surface area contributed by atoms with Crippen molar-refractivity contribution in [2.24, 2.45) is 32.9 Å². The number of hydrogen-bond donors (Lipinski definition) is 17. The van der Waals surface area contributed by atoms with Gasteiger partial charge in [-0.25, -0.2) is 4.79 Å². The van der Waals surface area contributed by atoms with Crippen LogP contribution in [0.2, 0.25) is 0 Å². The van der Waals surface area contributed by atoms with Crippen molar-refractivity contribution in [2.45, 2.75) is 139 Å². The smallest absolute Gasteiger partial charge is 0.326 e. The van der Waals surface area contributed by atoms with E-state index in [-0.39, 0.29) is 62.9 Å². The minimum atomic E-state index is -1.88. The number of nitrogens with zero attached hydrogens (tertiary/aromatic N) is 2. The summed E-state index contributed by atoms with van der Waals surface area (Å²) in [4.78, 5) is 172. The van der Waals surface area contributed by atoms with Gasteiger partial charge in [-0.15, -0.1) is 0 Å². The van der Waals surface area contributed by atoms with Gasteiger partial charge >= 0.3 is 29.8 Å². The van der Waals surface area contributed by atoms with E-state index < -0.39 is 170 Å². The Morgan fingerprint density at radius 3 is 1.04 bits per heavy atom. The maximum atomic E-state index is 14.1. The first-order valence-corrected chi connectivity index (χ1v) is 24.1. The molecule has 416 valence electrons. The van der Waals surface area contributed by atoms with Crippen LogP contribution in [-0.4, -0.2) is 188 Å². The lowest BCUT2D eigenvalue weighted by molar-refractivity contribution is -0.147. The maximum absolute atomic E-state index is 14.1. The zero-order valence-electron chi connectivity index (χ0n) is 40.9. The largest absolute Gasteiger partial charge is 0.481 e. The second-order valence-electron chi connectivity index (χ2n) is 16.3. The fourth-order valence-corrected chi connectivity index (χ4v) is 6.79. The van der Waals surface area contributed by atoms with Gasteiger partial charge in [-0.2, -0.15) is 11.8 Å². The van der Waals surface area contributed by atoms with E-state index in [9.17, 15) is 77.6 Å². The van der Waals surface area contributed by atoms with Gasteiger partial charge in [0.25, 0.3) is 0 Å². The monoisotopic (exact) mass is 1080 g/mol. The molecule has 8 atom stereocenters. The zero-order chi connectivity index (χ0) is 56.7. The van der Waals surface area contributed by atoms with Gasteiger partial charge in [-0.05, 0) is 70.3 Å². The van der Waals surface area contributed by atoms with Crippen molar-refractivity contribution >= 4 is 101 Å². The number of aliphatic carboxylic acids is 5. The Hall–Kier alpha value is -8.00. The van der Waals surface area contributed by atoms with Crippen LogP contribution in [-0.2, 0) is 62.3 Å². The number of carbonyl (C=O) groups is 13. The third-order valence-corrected chi connectivity index (χ3v) is 10.7. The number of carboxylic acids is 5. The SMILES string of the molecule is CSCC[C@H](NC(=O)[C@H](CCC(=O)O)NC(=O)[C@H](CCC(=O)O)NC(C)=O)C(=O)N[C@@H](CCC(=O)O)C(=O)N[C@@H](CCCN=C(N)N)C(=O)N[C@@H](CCCN=C(N)N)C(=O)N[C@@H](C)C(=O)N[C@@H](CC(=O)O)C(=O)O. The van der Waals surface area contributed by atoms with Crippen LogP contribution in [0, 0.1) is 0 Å². The van der Waals surface area contributed by atoms with Crippen LogP contribution < -0.4 is 65.5 Å². The van der Waals surface area contributed by atoms with Crippen LogP contribution >= 0.6 is 11.8 Å². The minimum absolute atomic E-state index is 0.0183. The number of nitrogens with two attached hydrogens (primary N) is 4. The number of guanidine groups is 2. The Kier molecular flexibility index (Phi) is 31.4. The molecule has 74 heavy (non-hydrogen) atoms. The van der Waals surface area contributed by atoms with Crippen molar-refractivity contribution in [3.63, 3.8) is 0 Å². The van der Waals surface area contributed by atoms with E-state index in [1.165, 1.54) is 11.8 Å². The Bertz CT molecular complexity index is 2070. The molecule has 0 aliphatic carbocycles. The predicted octanol–water partition coefficient (Wildman–Crippen LogP) is -6.08. The molecule has 0 radical (unpaired) electrons. The van der Waals surface area contributed by atoms with Crippen LogP contribution in [0.3, 0.4) is 0 Å². The summed E-state index contributed by atoms with van der Waals surface area (Å²) in [5, 5.41) is 64.8. The molecule has 0 aromatic carbocycles. The number of thioether (sulfide) groups is 1. The van der Waals surface area contributed by atoms with Crippen molar-refractivity contribution in [3.8, 4) is 0 Å². The second-order valence-corrected chi connectivity index (χ2v) is 17.2. The summed E-state index contributed by atoms with van der Waals surface area (Å²) < 4.78 is 0. The molecule has 8 amide bonds. The first kappa shape index (κ1) is 66.0. The van der Waals surface area contributed by atoms with E-state index in [0.29, 0.717) is 0 Å². The second kappa shape index (κ2) is 35.2. The Balaban J connectivity index is 6.92. The molecule has 0 bridgehead atoms. The number of amides is 8. The molecule has 0 aromatic rings. The summed E-state index contributed by atoms with van der Waals surface area (Å²) in [6.07, 6.45) is -3.62. The molecule has 0 saturated carbocycles. The van der Waals surface area contributed by atoms with Gasteiger partial charge in [0.1, 0.15) is 48.3 Å². The van der Waals surface area contributed by atoms with Crippen molar-refractivity contribution in [2.75, 3.05) is 25.1 Å². The third kappa shape index (κ3) is 29.4. The van der Waals surface area contributed by atoms with E-state index in [2.05, 4.69) is 47.2 Å². The number of hydrogen-bond acceptors (Lipinski definition) is 16. The maximum Gasteiger partial charge on any atom is 0.326 e. The van der Waals surface area contributed by atoms with Gasteiger partial charge in [0.15, 0.2) is 11.9 Å². The molecule has 0 aliphatic rings. The zero-order valence-corrected chi connectivity index (χ0v) is 41.7. The molecule has 0 fully saturated rings. The lowest BCUT2D eigenvalue weighted by Gasteiger charge is -2.28. The summed E-state index contributed by atoms with van der Waals surface area (Å²) in [5.74, 6) is -16.2. The Morgan fingerprint density at radius 2 is 0.743 bits per heavy atom. The topological polar surface area (TPSA) is 548 Å². The van der Waals surface area contributed by atoms with Crippen LogP contribution in [0.15, 0.2) is 9.98 Å². The minimum Gasteiger partial charge on any atom is -0.481 e. The van der Waals surface area contributed by atoms with E-state index in [1.807, 2.05) is 5.32 Å². The van der Waals surface area contributed by atoms with E-state index in [4.69, 9.17) is 33.1 Å². The highest BCUT2D eigenvalue weighted by Gasteiger charge is 2.35. The lowest BCUT2D eigenvalue weighted by atomic mass is 10.0. The number of aliphatic imine (C=N–C) groups is 2. The lowest BCUT2D eigenvalue weighted by Crippen LogP contribution is -2.60. The molecule has 33 heteroatoms. The van der Waals surface area contributed by atoms with Crippen molar-refractivity contribution in [1.82, 2.24) is 42.5 Å². The first-order valence-electron chi connectivity index (χ1n) is 22.7. The molecule has 32 nitrogen and oxygen atoms in total. The molecular formula is C41H68N14O18S.